The molecular formula is C20H22N4O5. The summed E-state index contributed by atoms with van der Waals surface area (Å²) in [5, 5.41) is 0. The van der Waals surface area contributed by atoms with Crippen molar-refractivity contribution in [1.82, 2.24) is 18.7 Å². The van der Waals surface area contributed by atoms with Crippen LogP contribution in [0, 0.1) is 13.8 Å². The summed E-state index contributed by atoms with van der Waals surface area (Å²) in [6, 6.07) is 5.32. The molecule has 29 heavy (non-hydrogen) atoms. The second-order valence-corrected chi connectivity index (χ2v) is 6.95. The first-order chi connectivity index (χ1) is 13.7. The van der Waals surface area contributed by atoms with E-state index in [0.717, 1.165) is 15.7 Å². The topological polar surface area (TPSA) is 105 Å². The van der Waals surface area contributed by atoms with Gasteiger partial charge in [0.25, 0.3) is 5.56 Å². The van der Waals surface area contributed by atoms with E-state index in [1.165, 1.54) is 29.6 Å². The molecule has 152 valence electrons. The summed E-state index contributed by atoms with van der Waals surface area (Å²) >= 11 is 0. The second-order valence-electron chi connectivity index (χ2n) is 6.95. The van der Waals surface area contributed by atoms with Crippen molar-refractivity contribution in [3.05, 3.63) is 62.1 Å². The van der Waals surface area contributed by atoms with E-state index < -0.39 is 17.2 Å². The predicted molar refractivity (Wildman–Crippen MR) is 106 cm³/mol. The zero-order valence-electron chi connectivity index (χ0n) is 16.8. The summed E-state index contributed by atoms with van der Waals surface area (Å²) in [6.45, 7) is 3.66. The Labute approximate surface area is 166 Å². The summed E-state index contributed by atoms with van der Waals surface area (Å²) in [7, 11) is 2.90. The molecule has 2 heterocycles. The zero-order chi connectivity index (χ0) is 21.3. The third kappa shape index (κ3) is 3.89. The normalized spacial score (nSPS) is 11.0. The van der Waals surface area contributed by atoms with Crippen molar-refractivity contribution in [1.29, 1.82) is 0 Å². The van der Waals surface area contributed by atoms with Gasteiger partial charge in [-0.3, -0.25) is 23.5 Å². The van der Waals surface area contributed by atoms with Crippen LogP contribution in [0.2, 0.25) is 0 Å². The molecule has 0 spiro atoms. The predicted octanol–water partition coefficient (Wildman–Crippen LogP) is 0.867. The summed E-state index contributed by atoms with van der Waals surface area (Å²) in [5.41, 5.74) is 2.08. The van der Waals surface area contributed by atoms with E-state index in [1.54, 1.807) is 12.1 Å². The number of ketones is 1. The number of aromatic nitrogens is 4. The first-order valence-electron chi connectivity index (χ1n) is 9.07. The number of aryl methyl sites for hydroxylation is 4. The van der Waals surface area contributed by atoms with Gasteiger partial charge in [0.05, 0.1) is 12.7 Å². The van der Waals surface area contributed by atoms with Crippen molar-refractivity contribution >= 4 is 22.9 Å². The van der Waals surface area contributed by atoms with Gasteiger partial charge in [0.15, 0.2) is 23.6 Å². The largest absolute Gasteiger partial charge is 0.457 e. The number of carbonyl (C=O) groups is 2. The fourth-order valence-electron chi connectivity index (χ4n) is 2.99. The minimum atomic E-state index is -0.564. The van der Waals surface area contributed by atoms with Gasteiger partial charge in [-0.15, -0.1) is 0 Å². The second kappa shape index (κ2) is 7.86. The minimum Gasteiger partial charge on any atom is -0.457 e. The Hall–Kier alpha value is -3.49. The van der Waals surface area contributed by atoms with Gasteiger partial charge in [0, 0.05) is 26.2 Å². The summed E-state index contributed by atoms with van der Waals surface area (Å²) in [4.78, 5) is 52.7. The van der Waals surface area contributed by atoms with Gasteiger partial charge in [0.1, 0.15) is 0 Å². The van der Waals surface area contributed by atoms with Crippen LogP contribution in [0.1, 0.15) is 27.9 Å². The molecule has 0 fully saturated rings. The fourth-order valence-corrected chi connectivity index (χ4v) is 2.99. The highest BCUT2D eigenvalue weighted by Gasteiger charge is 2.16. The van der Waals surface area contributed by atoms with Crippen LogP contribution in [0.3, 0.4) is 0 Å². The van der Waals surface area contributed by atoms with Crippen LogP contribution >= 0.6 is 0 Å². The van der Waals surface area contributed by atoms with Crippen LogP contribution in [0.4, 0.5) is 0 Å². The van der Waals surface area contributed by atoms with Crippen molar-refractivity contribution in [2.45, 2.75) is 26.8 Å². The molecule has 0 unspecified atom stereocenters. The van der Waals surface area contributed by atoms with Crippen LogP contribution < -0.4 is 11.2 Å². The SMILES string of the molecule is Cc1ccc(C(=O)COC(=O)CCn2cnc3c2c(=O)n(C)c(=O)n3C)cc1C. The summed E-state index contributed by atoms with van der Waals surface area (Å²) in [5.74, 6) is -0.843. The number of hydrogen-bond acceptors (Lipinski definition) is 6. The molecular weight excluding hydrogens is 376 g/mol. The molecule has 0 N–H and O–H groups in total. The lowest BCUT2D eigenvalue weighted by molar-refractivity contribution is -0.142. The minimum absolute atomic E-state index is 0.0440. The number of Topliss-reactive ketones (excluding diaryl/α,β-unsaturated/α-hetero) is 1. The highest BCUT2D eigenvalue weighted by atomic mass is 16.5. The van der Waals surface area contributed by atoms with Crippen LogP contribution in [-0.2, 0) is 30.2 Å². The molecule has 0 aliphatic rings. The fraction of sp³-hybridized carbons (Fsp3) is 0.350. The molecule has 0 aliphatic carbocycles. The Morgan fingerprint density at radius 3 is 2.48 bits per heavy atom. The molecule has 0 atom stereocenters. The Kier molecular flexibility index (Phi) is 5.49. The monoisotopic (exact) mass is 398 g/mol. The number of rotatable bonds is 6. The maximum Gasteiger partial charge on any atom is 0.332 e. The zero-order valence-corrected chi connectivity index (χ0v) is 16.8. The lowest BCUT2D eigenvalue weighted by Gasteiger charge is -2.08. The maximum absolute atomic E-state index is 12.4. The van der Waals surface area contributed by atoms with Gasteiger partial charge < -0.3 is 9.30 Å². The van der Waals surface area contributed by atoms with E-state index in [-0.39, 0.29) is 36.5 Å². The van der Waals surface area contributed by atoms with E-state index in [9.17, 15) is 19.2 Å². The molecule has 0 aliphatic heterocycles. The van der Waals surface area contributed by atoms with Gasteiger partial charge in [-0.2, -0.15) is 0 Å². The van der Waals surface area contributed by atoms with Crippen molar-refractivity contribution in [2.75, 3.05) is 6.61 Å². The average Bonchev–Trinajstić information content (AvgIpc) is 3.13. The maximum atomic E-state index is 12.4. The third-order valence-electron chi connectivity index (χ3n) is 4.97. The summed E-state index contributed by atoms with van der Waals surface area (Å²) in [6.07, 6.45) is 1.36. The molecule has 0 radical (unpaired) electrons. The van der Waals surface area contributed by atoms with Gasteiger partial charge in [-0.1, -0.05) is 12.1 Å². The summed E-state index contributed by atoms with van der Waals surface area (Å²) < 4.78 is 8.84. The first kappa shape index (κ1) is 20.2. The molecule has 1 aromatic carbocycles. The molecule has 2 aromatic heterocycles. The number of ether oxygens (including phenoxy) is 1. The van der Waals surface area contributed by atoms with E-state index in [0.29, 0.717) is 5.56 Å². The van der Waals surface area contributed by atoms with Gasteiger partial charge in [-0.05, 0) is 31.0 Å². The van der Waals surface area contributed by atoms with Gasteiger partial charge in [0.2, 0.25) is 0 Å². The van der Waals surface area contributed by atoms with Crippen molar-refractivity contribution in [2.24, 2.45) is 14.1 Å². The first-order valence-corrected chi connectivity index (χ1v) is 9.07. The number of esters is 1. The Balaban J connectivity index is 1.65. The van der Waals surface area contributed by atoms with Crippen molar-refractivity contribution in [3.63, 3.8) is 0 Å². The highest BCUT2D eigenvalue weighted by Crippen LogP contribution is 2.11. The Morgan fingerprint density at radius 1 is 1.07 bits per heavy atom. The molecule has 0 amide bonds. The number of carbonyl (C=O) groups excluding carboxylic acids is 2. The number of fused-ring (bicyclic) bond motifs is 1. The van der Waals surface area contributed by atoms with Crippen molar-refractivity contribution in [3.8, 4) is 0 Å². The number of imidazole rings is 1. The van der Waals surface area contributed by atoms with Crippen LogP contribution in [0.5, 0.6) is 0 Å². The molecule has 0 bridgehead atoms. The quantitative estimate of drug-likeness (QED) is 0.451. The lowest BCUT2D eigenvalue weighted by Crippen LogP contribution is -2.37. The number of nitrogens with zero attached hydrogens (tertiary/aromatic N) is 4. The molecule has 3 aromatic rings. The lowest BCUT2D eigenvalue weighted by atomic mass is 10.0. The Bertz CT molecular complexity index is 1230. The van der Waals surface area contributed by atoms with Crippen LogP contribution in [0.25, 0.3) is 11.2 Å². The smallest absolute Gasteiger partial charge is 0.332 e. The van der Waals surface area contributed by atoms with Crippen LogP contribution in [-0.4, -0.2) is 37.0 Å². The molecule has 9 heteroatoms. The van der Waals surface area contributed by atoms with Crippen LogP contribution in [0.15, 0.2) is 34.1 Å². The van der Waals surface area contributed by atoms with Crippen molar-refractivity contribution < 1.29 is 14.3 Å². The molecule has 9 nitrogen and oxygen atoms in total. The standard InChI is InChI=1S/C20H22N4O5/c1-12-5-6-14(9-13(12)2)15(25)10-29-16(26)7-8-24-11-21-18-17(24)19(27)23(4)20(28)22(18)3/h5-6,9,11H,7-8,10H2,1-4H3. The molecule has 3 rings (SSSR count). The molecule has 0 saturated heterocycles. The van der Waals surface area contributed by atoms with Gasteiger partial charge in [-0.25, -0.2) is 9.78 Å². The van der Waals surface area contributed by atoms with E-state index >= 15 is 0 Å². The highest BCUT2D eigenvalue weighted by molar-refractivity contribution is 5.98. The third-order valence-corrected chi connectivity index (χ3v) is 4.97. The van der Waals surface area contributed by atoms with Gasteiger partial charge >= 0.3 is 11.7 Å². The Morgan fingerprint density at radius 2 is 1.79 bits per heavy atom. The van der Waals surface area contributed by atoms with E-state index in [2.05, 4.69) is 4.98 Å². The van der Waals surface area contributed by atoms with E-state index in [1.807, 2.05) is 19.9 Å². The molecule has 0 saturated carbocycles. The average molecular weight is 398 g/mol. The van der Waals surface area contributed by atoms with E-state index in [4.69, 9.17) is 4.74 Å². The number of benzene rings is 1. The number of hydrogen-bond donors (Lipinski definition) is 0.